The summed E-state index contributed by atoms with van der Waals surface area (Å²) in [6.45, 7) is 5.58. The smallest absolute Gasteiger partial charge is 0.0489 e. The summed E-state index contributed by atoms with van der Waals surface area (Å²) >= 11 is 0. The molecule has 1 aromatic heterocycles. The van der Waals surface area contributed by atoms with Crippen LogP contribution in [-0.2, 0) is 6.54 Å². The summed E-state index contributed by atoms with van der Waals surface area (Å²) in [5, 5.41) is 7.93. The van der Waals surface area contributed by atoms with Crippen LogP contribution in [0.2, 0.25) is 0 Å². The van der Waals surface area contributed by atoms with Crippen LogP contribution in [0, 0.1) is 5.92 Å². The van der Waals surface area contributed by atoms with E-state index in [1.54, 1.807) is 0 Å². The number of rotatable bonds is 7. The molecule has 3 nitrogen and oxygen atoms in total. The number of aromatic nitrogens is 2. The van der Waals surface area contributed by atoms with Crippen LogP contribution in [0.3, 0.4) is 0 Å². The van der Waals surface area contributed by atoms with E-state index in [4.69, 9.17) is 0 Å². The SMILES string of the molecule is CCCC1CC1NC(C)CCn1cccn1. The molecule has 0 bridgehead atoms. The molecule has 0 radical (unpaired) electrons. The zero-order chi connectivity index (χ0) is 11.4. The summed E-state index contributed by atoms with van der Waals surface area (Å²) in [6.07, 6.45) is 9.14. The summed E-state index contributed by atoms with van der Waals surface area (Å²) in [6, 6.07) is 3.39. The van der Waals surface area contributed by atoms with Crippen molar-refractivity contribution in [2.45, 2.75) is 58.2 Å². The molecule has 2 rings (SSSR count). The highest BCUT2D eigenvalue weighted by molar-refractivity contribution is 4.93. The van der Waals surface area contributed by atoms with Crippen molar-refractivity contribution in [3.63, 3.8) is 0 Å². The van der Waals surface area contributed by atoms with E-state index in [0.717, 1.165) is 24.9 Å². The summed E-state index contributed by atoms with van der Waals surface area (Å²) in [7, 11) is 0. The van der Waals surface area contributed by atoms with Crippen molar-refractivity contribution < 1.29 is 0 Å². The Morgan fingerprint density at radius 3 is 3.12 bits per heavy atom. The largest absolute Gasteiger partial charge is 0.311 e. The molecule has 0 spiro atoms. The van der Waals surface area contributed by atoms with Gasteiger partial charge in [0.05, 0.1) is 0 Å². The van der Waals surface area contributed by atoms with Crippen LogP contribution in [0.1, 0.15) is 39.5 Å². The normalized spacial score (nSPS) is 25.6. The molecule has 0 aliphatic heterocycles. The van der Waals surface area contributed by atoms with E-state index in [-0.39, 0.29) is 0 Å². The Balaban J connectivity index is 1.60. The monoisotopic (exact) mass is 221 g/mol. The maximum absolute atomic E-state index is 4.22. The summed E-state index contributed by atoms with van der Waals surface area (Å²) in [5.41, 5.74) is 0. The minimum absolute atomic E-state index is 0.607. The van der Waals surface area contributed by atoms with Crippen LogP contribution >= 0.6 is 0 Å². The predicted octanol–water partition coefficient (Wildman–Crippen LogP) is 2.44. The van der Waals surface area contributed by atoms with Gasteiger partial charge in [-0.05, 0) is 38.2 Å². The van der Waals surface area contributed by atoms with E-state index in [1.165, 1.54) is 19.3 Å². The van der Waals surface area contributed by atoms with Crippen LogP contribution in [0.4, 0.5) is 0 Å². The lowest BCUT2D eigenvalue weighted by Gasteiger charge is -2.13. The molecule has 1 N–H and O–H groups in total. The lowest BCUT2D eigenvalue weighted by atomic mass is 10.2. The predicted molar refractivity (Wildman–Crippen MR) is 66.2 cm³/mol. The van der Waals surface area contributed by atoms with Gasteiger partial charge in [-0.3, -0.25) is 4.68 Å². The van der Waals surface area contributed by atoms with Gasteiger partial charge in [0.2, 0.25) is 0 Å². The standard InChI is InChI=1S/C13H23N3/c1-3-5-12-10-13(12)15-11(2)6-9-16-8-4-7-14-16/h4,7-8,11-13,15H,3,5-6,9-10H2,1-2H3. The van der Waals surface area contributed by atoms with E-state index in [1.807, 2.05) is 23.1 Å². The third-order valence-electron chi connectivity index (χ3n) is 3.43. The Kier molecular flexibility index (Phi) is 3.99. The highest BCUT2D eigenvalue weighted by Crippen LogP contribution is 2.34. The second-order valence-electron chi connectivity index (χ2n) is 5.02. The first-order valence-corrected chi connectivity index (χ1v) is 6.53. The van der Waals surface area contributed by atoms with Crippen molar-refractivity contribution in [3.05, 3.63) is 18.5 Å². The van der Waals surface area contributed by atoms with Crippen molar-refractivity contribution in [2.75, 3.05) is 0 Å². The average Bonchev–Trinajstić information content (AvgIpc) is 2.82. The molecule has 3 unspecified atom stereocenters. The molecule has 3 heteroatoms. The molecule has 1 aliphatic carbocycles. The van der Waals surface area contributed by atoms with Crippen LogP contribution in [0.25, 0.3) is 0 Å². The molecule has 1 aromatic rings. The zero-order valence-electron chi connectivity index (χ0n) is 10.4. The summed E-state index contributed by atoms with van der Waals surface area (Å²) in [4.78, 5) is 0. The van der Waals surface area contributed by atoms with Gasteiger partial charge < -0.3 is 5.32 Å². The van der Waals surface area contributed by atoms with Gasteiger partial charge >= 0.3 is 0 Å². The van der Waals surface area contributed by atoms with Crippen LogP contribution < -0.4 is 5.32 Å². The van der Waals surface area contributed by atoms with Gasteiger partial charge in [0, 0.05) is 31.0 Å². The Morgan fingerprint density at radius 1 is 1.56 bits per heavy atom. The summed E-state index contributed by atoms with van der Waals surface area (Å²) < 4.78 is 2.01. The van der Waals surface area contributed by atoms with E-state index in [9.17, 15) is 0 Å². The lowest BCUT2D eigenvalue weighted by molar-refractivity contribution is 0.444. The van der Waals surface area contributed by atoms with Crippen molar-refractivity contribution in [2.24, 2.45) is 5.92 Å². The molecule has 16 heavy (non-hydrogen) atoms. The van der Waals surface area contributed by atoms with Crippen molar-refractivity contribution in [3.8, 4) is 0 Å². The fraction of sp³-hybridized carbons (Fsp3) is 0.769. The topological polar surface area (TPSA) is 29.9 Å². The first-order valence-electron chi connectivity index (χ1n) is 6.53. The Morgan fingerprint density at radius 2 is 2.44 bits per heavy atom. The molecule has 1 saturated carbocycles. The fourth-order valence-corrected chi connectivity index (χ4v) is 2.35. The fourth-order valence-electron chi connectivity index (χ4n) is 2.35. The lowest BCUT2D eigenvalue weighted by Crippen LogP contribution is -2.30. The Bertz CT molecular complexity index is 294. The highest BCUT2D eigenvalue weighted by Gasteiger charge is 2.36. The molecule has 3 atom stereocenters. The second-order valence-corrected chi connectivity index (χ2v) is 5.02. The molecule has 1 heterocycles. The third-order valence-corrected chi connectivity index (χ3v) is 3.43. The highest BCUT2D eigenvalue weighted by atomic mass is 15.3. The van der Waals surface area contributed by atoms with Crippen LogP contribution in [-0.4, -0.2) is 21.9 Å². The molecule has 90 valence electrons. The number of nitrogens with one attached hydrogen (secondary N) is 1. The maximum atomic E-state index is 4.22. The number of hydrogen-bond donors (Lipinski definition) is 1. The van der Waals surface area contributed by atoms with E-state index >= 15 is 0 Å². The molecule has 1 fully saturated rings. The minimum Gasteiger partial charge on any atom is -0.311 e. The Hall–Kier alpha value is -0.830. The third kappa shape index (κ3) is 3.34. The molecule has 1 aliphatic rings. The first kappa shape index (κ1) is 11.6. The number of aryl methyl sites for hydroxylation is 1. The van der Waals surface area contributed by atoms with Gasteiger partial charge in [0.15, 0.2) is 0 Å². The molecular formula is C13H23N3. The molecule has 0 saturated heterocycles. The van der Waals surface area contributed by atoms with Crippen LogP contribution in [0.5, 0.6) is 0 Å². The van der Waals surface area contributed by atoms with Crippen LogP contribution in [0.15, 0.2) is 18.5 Å². The molecular weight excluding hydrogens is 198 g/mol. The second kappa shape index (κ2) is 5.48. The van der Waals surface area contributed by atoms with Crippen molar-refractivity contribution in [1.82, 2.24) is 15.1 Å². The molecule has 0 aromatic carbocycles. The average molecular weight is 221 g/mol. The first-order chi connectivity index (χ1) is 7.79. The number of nitrogens with zero attached hydrogens (tertiary/aromatic N) is 2. The van der Waals surface area contributed by atoms with E-state index in [2.05, 4.69) is 24.3 Å². The Labute approximate surface area is 98.2 Å². The number of hydrogen-bond acceptors (Lipinski definition) is 2. The van der Waals surface area contributed by atoms with Gasteiger partial charge in [0.1, 0.15) is 0 Å². The maximum Gasteiger partial charge on any atom is 0.0489 e. The zero-order valence-corrected chi connectivity index (χ0v) is 10.4. The van der Waals surface area contributed by atoms with E-state index in [0.29, 0.717) is 6.04 Å². The summed E-state index contributed by atoms with van der Waals surface area (Å²) in [5.74, 6) is 0.956. The minimum atomic E-state index is 0.607. The van der Waals surface area contributed by atoms with Crippen molar-refractivity contribution in [1.29, 1.82) is 0 Å². The quantitative estimate of drug-likeness (QED) is 0.766. The van der Waals surface area contributed by atoms with Gasteiger partial charge in [-0.2, -0.15) is 5.10 Å². The van der Waals surface area contributed by atoms with Gasteiger partial charge in [0.25, 0.3) is 0 Å². The molecule has 0 amide bonds. The van der Waals surface area contributed by atoms with E-state index < -0.39 is 0 Å². The van der Waals surface area contributed by atoms with Gasteiger partial charge in [-0.25, -0.2) is 0 Å². The van der Waals surface area contributed by atoms with Gasteiger partial charge in [-0.15, -0.1) is 0 Å². The van der Waals surface area contributed by atoms with Gasteiger partial charge in [-0.1, -0.05) is 13.3 Å². The van der Waals surface area contributed by atoms with Crippen molar-refractivity contribution >= 4 is 0 Å².